The number of benzene rings is 1. The van der Waals surface area contributed by atoms with Gasteiger partial charge in [-0.05, 0) is 12.5 Å². The molecular weight excluding hydrogens is 238 g/mol. The molecule has 0 spiro atoms. The first-order chi connectivity index (χ1) is 8.02. The quantitative estimate of drug-likeness (QED) is 0.740. The lowest BCUT2D eigenvalue weighted by Gasteiger charge is -2.02. The van der Waals surface area contributed by atoms with Gasteiger partial charge in [-0.3, -0.25) is 0 Å². The highest BCUT2D eigenvalue weighted by molar-refractivity contribution is 7.69. The number of imidazole rings is 1. The molecule has 0 aliphatic heterocycles. The SMILES string of the molecule is Cc1ncc(-c2ccccc2)n1C.N[SH](=O)=O. The summed E-state index contributed by atoms with van der Waals surface area (Å²) in [5.74, 6) is 1.04. The summed E-state index contributed by atoms with van der Waals surface area (Å²) < 4.78 is 19.7. The van der Waals surface area contributed by atoms with Crippen LogP contribution in [0.4, 0.5) is 0 Å². The number of nitrogens with zero attached hydrogens (tertiary/aromatic N) is 2. The Labute approximate surface area is 102 Å². The topological polar surface area (TPSA) is 78.0 Å². The van der Waals surface area contributed by atoms with Gasteiger partial charge in [-0.1, -0.05) is 30.3 Å². The van der Waals surface area contributed by atoms with Gasteiger partial charge < -0.3 is 4.57 Å². The second kappa shape index (κ2) is 6.17. The summed E-state index contributed by atoms with van der Waals surface area (Å²) in [7, 11) is -0.588. The molecule has 0 aliphatic rings. The molecule has 6 heteroatoms. The van der Waals surface area contributed by atoms with Gasteiger partial charge in [0.15, 0.2) is 10.9 Å². The number of hydrogen-bond acceptors (Lipinski definition) is 3. The molecule has 17 heavy (non-hydrogen) atoms. The molecule has 1 aromatic heterocycles. The van der Waals surface area contributed by atoms with E-state index < -0.39 is 10.9 Å². The van der Waals surface area contributed by atoms with Crippen LogP contribution >= 0.6 is 0 Å². The van der Waals surface area contributed by atoms with Gasteiger partial charge in [0.1, 0.15) is 5.82 Å². The summed E-state index contributed by atoms with van der Waals surface area (Å²) in [6.45, 7) is 2.01. The number of thiol groups is 1. The molecule has 1 heterocycles. The predicted octanol–water partition coefficient (Wildman–Crippen LogP) is 0.867. The monoisotopic (exact) mass is 253 g/mol. The maximum atomic E-state index is 8.81. The van der Waals surface area contributed by atoms with Crippen LogP contribution in [0.15, 0.2) is 36.5 Å². The van der Waals surface area contributed by atoms with Gasteiger partial charge in [0.05, 0.1) is 11.9 Å². The maximum absolute atomic E-state index is 8.81. The van der Waals surface area contributed by atoms with E-state index in [9.17, 15) is 0 Å². The Balaban J connectivity index is 0.000000317. The van der Waals surface area contributed by atoms with Crippen LogP contribution < -0.4 is 5.14 Å². The molecule has 5 nitrogen and oxygen atoms in total. The normalized spacial score (nSPS) is 9.88. The molecule has 2 rings (SSSR count). The Morgan fingerprint density at radius 2 is 1.76 bits per heavy atom. The molecule has 0 radical (unpaired) electrons. The molecule has 0 saturated heterocycles. The third-order valence-electron chi connectivity index (χ3n) is 2.29. The minimum Gasteiger partial charge on any atom is -0.331 e. The van der Waals surface area contributed by atoms with Crippen molar-refractivity contribution in [3.63, 3.8) is 0 Å². The van der Waals surface area contributed by atoms with E-state index in [-0.39, 0.29) is 0 Å². The summed E-state index contributed by atoms with van der Waals surface area (Å²) in [4.78, 5) is 4.26. The predicted molar refractivity (Wildman–Crippen MR) is 67.9 cm³/mol. The van der Waals surface area contributed by atoms with Crippen molar-refractivity contribution < 1.29 is 8.42 Å². The summed E-state index contributed by atoms with van der Waals surface area (Å²) >= 11 is 0. The van der Waals surface area contributed by atoms with Gasteiger partial charge in [0.25, 0.3) is 0 Å². The molecule has 92 valence electrons. The lowest BCUT2D eigenvalue weighted by Crippen LogP contribution is -1.93. The molecule has 0 unspecified atom stereocenters. The van der Waals surface area contributed by atoms with Crippen molar-refractivity contribution in [2.24, 2.45) is 12.2 Å². The highest BCUT2D eigenvalue weighted by Crippen LogP contribution is 2.18. The maximum Gasteiger partial charge on any atom is 0.198 e. The van der Waals surface area contributed by atoms with E-state index in [0.717, 1.165) is 11.5 Å². The fraction of sp³-hybridized carbons (Fsp3) is 0.182. The fourth-order valence-electron chi connectivity index (χ4n) is 1.38. The first-order valence-corrected chi connectivity index (χ1v) is 6.20. The molecule has 0 amide bonds. The van der Waals surface area contributed by atoms with Crippen molar-refractivity contribution in [2.75, 3.05) is 0 Å². The van der Waals surface area contributed by atoms with Crippen LogP contribution in [0.25, 0.3) is 11.3 Å². The Hall–Kier alpha value is -1.66. The van der Waals surface area contributed by atoms with Crippen molar-refractivity contribution in [3.8, 4) is 11.3 Å². The van der Waals surface area contributed by atoms with E-state index in [2.05, 4.69) is 26.8 Å². The second-order valence-electron chi connectivity index (χ2n) is 3.40. The molecule has 0 atom stereocenters. The van der Waals surface area contributed by atoms with E-state index in [1.807, 2.05) is 38.4 Å². The van der Waals surface area contributed by atoms with Crippen LogP contribution in [0, 0.1) is 6.92 Å². The summed E-state index contributed by atoms with van der Waals surface area (Å²) in [6.07, 6.45) is 1.91. The van der Waals surface area contributed by atoms with Crippen molar-refractivity contribution in [1.82, 2.24) is 9.55 Å². The number of aryl methyl sites for hydroxylation is 1. The number of aromatic nitrogens is 2. The lowest BCUT2D eigenvalue weighted by atomic mass is 10.2. The molecule has 0 saturated carbocycles. The molecular formula is C11H15N3O2S. The summed E-state index contributed by atoms with van der Waals surface area (Å²) in [5, 5.41) is 4.06. The van der Waals surface area contributed by atoms with Gasteiger partial charge in [0, 0.05) is 7.05 Å². The number of nitrogens with two attached hydrogens (primary N) is 1. The average Bonchev–Trinajstić information content (AvgIpc) is 2.60. The van der Waals surface area contributed by atoms with Crippen LogP contribution in [-0.2, 0) is 17.9 Å². The van der Waals surface area contributed by atoms with Gasteiger partial charge in [0.2, 0.25) is 0 Å². The van der Waals surface area contributed by atoms with Gasteiger partial charge in [-0.2, -0.15) is 0 Å². The molecule has 0 fully saturated rings. The highest BCUT2D eigenvalue weighted by atomic mass is 32.2. The van der Waals surface area contributed by atoms with E-state index in [1.54, 1.807) is 0 Å². The molecule has 0 bridgehead atoms. The zero-order valence-electron chi connectivity index (χ0n) is 9.70. The lowest BCUT2D eigenvalue weighted by molar-refractivity contribution is 0.616. The Kier molecular flexibility index (Phi) is 4.86. The van der Waals surface area contributed by atoms with Gasteiger partial charge >= 0.3 is 0 Å². The van der Waals surface area contributed by atoms with Crippen molar-refractivity contribution in [3.05, 3.63) is 42.4 Å². The Bertz CT molecular complexity index is 539. The average molecular weight is 253 g/mol. The van der Waals surface area contributed by atoms with Crippen LogP contribution in [0.5, 0.6) is 0 Å². The minimum atomic E-state index is -2.62. The first-order valence-electron chi connectivity index (χ1n) is 4.95. The van der Waals surface area contributed by atoms with E-state index in [4.69, 9.17) is 8.42 Å². The van der Waals surface area contributed by atoms with Crippen molar-refractivity contribution in [1.29, 1.82) is 0 Å². The number of hydrogen-bond donors (Lipinski definition) is 2. The standard InChI is InChI=1S/C11H12N2.H3NO2S/c1-9-12-8-11(13(9)2)10-6-4-3-5-7-10;1-4(2)3/h3-8H,1-2H3;4H,(H2,1,2,3). The van der Waals surface area contributed by atoms with Crippen molar-refractivity contribution >= 4 is 10.9 Å². The van der Waals surface area contributed by atoms with Crippen LogP contribution in [0.2, 0.25) is 0 Å². The Morgan fingerprint density at radius 1 is 1.24 bits per heavy atom. The first kappa shape index (κ1) is 13.4. The zero-order chi connectivity index (χ0) is 12.8. The summed E-state index contributed by atoms with van der Waals surface area (Å²) in [6, 6.07) is 10.3. The molecule has 2 N–H and O–H groups in total. The van der Waals surface area contributed by atoms with Crippen LogP contribution in [0.3, 0.4) is 0 Å². The van der Waals surface area contributed by atoms with Crippen LogP contribution in [-0.4, -0.2) is 18.0 Å². The molecule has 0 aliphatic carbocycles. The van der Waals surface area contributed by atoms with Crippen molar-refractivity contribution in [2.45, 2.75) is 6.92 Å². The third-order valence-corrected chi connectivity index (χ3v) is 2.29. The van der Waals surface area contributed by atoms with E-state index >= 15 is 0 Å². The molecule has 2 aromatic rings. The second-order valence-corrected chi connectivity index (χ2v) is 3.97. The minimum absolute atomic E-state index is 1.04. The third kappa shape index (κ3) is 4.01. The van der Waals surface area contributed by atoms with Gasteiger partial charge in [-0.25, -0.2) is 18.5 Å². The zero-order valence-corrected chi connectivity index (χ0v) is 10.6. The smallest absolute Gasteiger partial charge is 0.198 e. The summed E-state index contributed by atoms with van der Waals surface area (Å²) in [5.41, 5.74) is 2.38. The largest absolute Gasteiger partial charge is 0.331 e. The van der Waals surface area contributed by atoms with Crippen LogP contribution in [0.1, 0.15) is 5.82 Å². The highest BCUT2D eigenvalue weighted by Gasteiger charge is 2.03. The van der Waals surface area contributed by atoms with Gasteiger partial charge in [-0.15, -0.1) is 0 Å². The molecule has 1 aromatic carbocycles. The fourth-order valence-corrected chi connectivity index (χ4v) is 1.38. The van der Waals surface area contributed by atoms with E-state index in [1.165, 1.54) is 5.56 Å². The Morgan fingerprint density at radius 3 is 2.18 bits per heavy atom. The van der Waals surface area contributed by atoms with E-state index in [0.29, 0.717) is 0 Å². The number of rotatable bonds is 1.